The van der Waals surface area contributed by atoms with E-state index < -0.39 is 5.91 Å². The van der Waals surface area contributed by atoms with Gasteiger partial charge in [0, 0.05) is 25.5 Å². The lowest BCUT2D eigenvalue weighted by Gasteiger charge is -2.09. The molecule has 1 fully saturated rings. The van der Waals surface area contributed by atoms with Gasteiger partial charge in [-0.15, -0.1) is 0 Å². The van der Waals surface area contributed by atoms with Gasteiger partial charge in [-0.25, -0.2) is 4.98 Å². The van der Waals surface area contributed by atoms with Gasteiger partial charge < -0.3 is 14.5 Å². The van der Waals surface area contributed by atoms with E-state index in [1.807, 2.05) is 0 Å². The molecular weight excluding hydrogens is 302 g/mol. The number of hydrogen-bond donors (Lipinski definition) is 2. The van der Waals surface area contributed by atoms with Crippen molar-refractivity contribution in [2.24, 2.45) is 0 Å². The topological polar surface area (TPSA) is 119 Å². The molecule has 1 saturated heterocycles. The van der Waals surface area contributed by atoms with Gasteiger partial charge in [0.2, 0.25) is 0 Å². The maximum atomic E-state index is 11.9. The van der Waals surface area contributed by atoms with Crippen LogP contribution in [0.3, 0.4) is 0 Å². The van der Waals surface area contributed by atoms with Gasteiger partial charge in [-0.3, -0.25) is 19.9 Å². The van der Waals surface area contributed by atoms with Gasteiger partial charge >= 0.3 is 6.01 Å². The van der Waals surface area contributed by atoms with Crippen molar-refractivity contribution in [1.29, 1.82) is 0 Å². The first-order valence-electron chi connectivity index (χ1n) is 7.15. The first kappa shape index (κ1) is 15.1. The van der Waals surface area contributed by atoms with Crippen molar-refractivity contribution in [3.8, 4) is 0 Å². The Bertz CT molecular complexity index is 681. The quantitative estimate of drug-likeness (QED) is 0.829. The standard InChI is InChI=1S/C14H15N5O4/c20-12(17-6-9-2-1-5-22-9)11-8-23-14(18-11)19-13(21)10-7-15-3-4-16-10/h3-4,7-9H,1-2,5-6H2,(H,17,20)(H,18,19,21). The van der Waals surface area contributed by atoms with Crippen LogP contribution in [-0.4, -0.2) is 46.0 Å². The summed E-state index contributed by atoms with van der Waals surface area (Å²) in [5.41, 5.74) is 0.201. The average molecular weight is 317 g/mol. The Balaban J connectivity index is 1.54. The van der Waals surface area contributed by atoms with E-state index in [4.69, 9.17) is 9.15 Å². The van der Waals surface area contributed by atoms with Crippen LogP contribution in [0.2, 0.25) is 0 Å². The second-order valence-corrected chi connectivity index (χ2v) is 4.93. The Labute approximate surface area is 131 Å². The molecular formula is C14H15N5O4. The monoisotopic (exact) mass is 317 g/mol. The molecule has 0 spiro atoms. The van der Waals surface area contributed by atoms with E-state index in [1.54, 1.807) is 0 Å². The van der Waals surface area contributed by atoms with Crippen LogP contribution in [0.25, 0.3) is 0 Å². The summed E-state index contributed by atoms with van der Waals surface area (Å²) >= 11 is 0. The van der Waals surface area contributed by atoms with Crippen LogP contribution in [0.1, 0.15) is 33.8 Å². The second kappa shape index (κ2) is 6.97. The minimum atomic E-state index is -0.522. The molecule has 2 amide bonds. The molecule has 1 aliphatic rings. The number of anilines is 1. The van der Waals surface area contributed by atoms with E-state index in [9.17, 15) is 9.59 Å². The Morgan fingerprint density at radius 2 is 2.17 bits per heavy atom. The Morgan fingerprint density at radius 3 is 2.91 bits per heavy atom. The zero-order chi connectivity index (χ0) is 16.1. The van der Waals surface area contributed by atoms with Gasteiger partial charge in [0.05, 0.1) is 12.3 Å². The number of nitrogens with one attached hydrogen (secondary N) is 2. The molecule has 1 unspecified atom stereocenters. The molecule has 23 heavy (non-hydrogen) atoms. The molecule has 3 rings (SSSR count). The first-order chi connectivity index (χ1) is 11.2. The molecule has 0 aliphatic carbocycles. The minimum absolute atomic E-state index is 0.0432. The number of carbonyl (C=O) groups is 2. The van der Waals surface area contributed by atoms with Crippen LogP contribution in [0.4, 0.5) is 6.01 Å². The third-order valence-electron chi connectivity index (χ3n) is 3.27. The van der Waals surface area contributed by atoms with Crippen LogP contribution in [0, 0.1) is 0 Å². The summed E-state index contributed by atoms with van der Waals surface area (Å²) in [5, 5.41) is 5.12. The predicted octanol–water partition coefficient (Wildman–Crippen LogP) is 0.626. The van der Waals surface area contributed by atoms with Crippen LogP contribution < -0.4 is 10.6 Å². The van der Waals surface area contributed by atoms with Gasteiger partial charge in [0.25, 0.3) is 11.8 Å². The van der Waals surface area contributed by atoms with E-state index in [-0.39, 0.29) is 29.4 Å². The lowest BCUT2D eigenvalue weighted by molar-refractivity contribution is 0.0853. The van der Waals surface area contributed by atoms with Crippen molar-refractivity contribution in [3.05, 3.63) is 36.2 Å². The van der Waals surface area contributed by atoms with Crippen molar-refractivity contribution < 1.29 is 18.7 Å². The number of rotatable bonds is 5. The number of carbonyl (C=O) groups excluding carboxylic acids is 2. The van der Waals surface area contributed by atoms with Crippen molar-refractivity contribution >= 4 is 17.8 Å². The van der Waals surface area contributed by atoms with Gasteiger partial charge in [-0.1, -0.05) is 0 Å². The molecule has 2 N–H and O–H groups in total. The molecule has 3 heterocycles. The Hall–Kier alpha value is -2.81. The smallest absolute Gasteiger partial charge is 0.302 e. The summed E-state index contributed by atoms with van der Waals surface area (Å²) in [7, 11) is 0. The van der Waals surface area contributed by atoms with Crippen LogP contribution >= 0.6 is 0 Å². The predicted molar refractivity (Wildman–Crippen MR) is 77.8 cm³/mol. The fourth-order valence-electron chi connectivity index (χ4n) is 2.12. The molecule has 9 nitrogen and oxygen atoms in total. The van der Waals surface area contributed by atoms with Gasteiger partial charge in [-0.2, -0.15) is 4.98 Å². The molecule has 0 aromatic carbocycles. The Kier molecular flexibility index (Phi) is 4.57. The van der Waals surface area contributed by atoms with E-state index in [2.05, 4.69) is 25.6 Å². The summed E-state index contributed by atoms with van der Waals surface area (Å²) < 4.78 is 10.5. The molecule has 1 atom stereocenters. The zero-order valence-corrected chi connectivity index (χ0v) is 12.2. The van der Waals surface area contributed by atoms with E-state index in [0.29, 0.717) is 6.54 Å². The Morgan fingerprint density at radius 1 is 1.26 bits per heavy atom. The summed E-state index contributed by atoms with van der Waals surface area (Å²) in [5.74, 6) is -0.907. The molecule has 0 saturated carbocycles. The minimum Gasteiger partial charge on any atom is -0.431 e. The average Bonchev–Trinajstić information content (AvgIpc) is 3.25. The molecule has 2 aromatic heterocycles. The van der Waals surface area contributed by atoms with Crippen LogP contribution in [0.5, 0.6) is 0 Å². The van der Waals surface area contributed by atoms with Gasteiger partial charge in [0.1, 0.15) is 12.0 Å². The SMILES string of the molecule is O=C(NCC1CCCO1)c1coc(NC(=O)c2cnccn2)n1. The number of ether oxygens (including phenoxy) is 1. The normalized spacial score (nSPS) is 17.0. The van der Waals surface area contributed by atoms with Gasteiger partial charge in [0.15, 0.2) is 5.69 Å². The molecule has 0 radical (unpaired) electrons. The molecule has 0 bridgehead atoms. The van der Waals surface area contributed by atoms with Crippen molar-refractivity contribution in [1.82, 2.24) is 20.3 Å². The fraction of sp³-hybridized carbons (Fsp3) is 0.357. The summed E-state index contributed by atoms with van der Waals surface area (Å²) in [4.78, 5) is 35.4. The van der Waals surface area contributed by atoms with Crippen molar-refractivity contribution in [2.45, 2.75) is 18.9 Å². The largest absolute Gasteiger partial charge is 0.431 e. The third-order valence-corrected chi connectivity index (χ3v) is 3.27. The van der Waals surface area contributed by atoms with E-state index >= 15 is 0 Å². The number of amides is 2. The highest BCUT2D eigenvalue weighted by Crippen LogP contribution is 2.12. The maximum Gasteiger partial charge on any atom is 0.302 e. The lowest BCUT2D eigenvalue weighted by Crippen LogP contribution is -2.31. The van der Waals surface area contributed by atoms with Crippen LogP contribution in [-0.2, 0) is 4.74 Å². The van der Waals surface area contributed by atoms with Gasteiger partial charge in [-0.05, 0) is 12.8 Å². The van der Waals surface area contributed by atoms with Crippen molar-refractivity contribution in [3.63, 3.8) is 0 Å². The highest BCUT2D eigenvalue weighted by atomic mass is 16.5. The van der Waals surface area contributed by atoms with E-state index in [1.165, 1.54) is 24.9 Å². The molecule has 2 aromatic rings. The summed E-state index contributed by atoms with van der Waals surface area (Å²) in [6, 6.07) is -0.0806. The number of hydrogen-bond acceptors (Lipinski definition) is 7. The third kappa shape index (κ3) is 3.89. The highest BCUT2D eigenvalue weighted by molar-refractivity contribution is 6.01. The van der Waals surface area contributed by atoms with E-state index in [0.717, 1.165) is 19.4 Å². The lowest BCUT2D eigenvalue weighted by atomic mass is 10.2. The summed E-state index contributed by atoms with van der Waals surface area (Å²) in [6.45, 7) is 1.15. The first-order valence-corrected chi connectivity index (χ1v) is 7.15. The number of oxazole rings is 1. The molecule has 1 aliphatic heterocycles. The van der Waals surface area contributed by atoms with Crippen molar-refractivity contribution in [2.75, 3.05) is 18.5 Å². The zero-order valence-electron chi connectivity index (χ0n) is 12.2. The maximum absolute atomic E-state index is 11.9. The molecule has 120 valence electrons. The molecule has 9 heteroatoms. The van der Waals surface area contributed by atoms with Crippen LogP contribution in [0.15, 0.2) is 29.3 Å². The fourth-order valence-corrected chi connectivity index (χ4v) is 2.12. The highest BCUT2D eigenvalue weighted by Gasteiger charge is 2.19. The summed E-state index contributed by atoms with van der Waals surface area (Å²) in [6.07, 6.45) is 7.32. The number of aromatic nitrogens is 3. The second-order valence-electron chi connectivity index (χ2n) is 4.93. The number of nitrogens with zero attached hydrogens (tertiary/aromatic N) is 3.